The van der Waals surface area contributed by atoms with Gasteiger partial charge in [-0.1, -0.05) is 12.1 Å². The van der Waals surface area contributed by atoms with Crippen LogP contribution in [0.5, 0.6) is 0 Å². The first-order valence-electron chi connectivity index (χ1n) is 4.97. The van der Waals surface area contributed by atoms with Crippen molar-refractivity contribution in [2.45, 2.75) is 32.9 Å². The van der Waals surface area contributed by atoms with Crippen LogP contribution in [0.15, 0.2) is 6.20 Å². The lowest BCUT2D eigenvalue weighted by molar-refractivity contribution is 0.581. The van der Waals surface area contributed by atoms with Gasteiger partial charge in [-0.15, -0.1) is 5.10 Å². The molecule has 4 nitrogen and oxygen atoms in total. The number of aryl methyl sites for hydroxylation is 1. The van der Waals surface area contributed by atoms with Crippen molar-refractivity contribution in [1.29, 1.82) is 0 Å². The molecule has 1 rings (SSSR count). The second-order valence-electron chi connectivity index (χ2n) is 3.25. The van der Waals surface area contributed by atoms with Gasteiger partial charge in [-0.2, -0.15) is 11.8 Å². The summed E-state index contributed by atoms with van der Waals surface area (Å²) in [4.78, 5) is 0. The number of hydrogen-bond acceptors (Lipinski definition) is 4. The zero-order valence-electron chi connectivity index (χ0n) is 8.81. The minimum absolute atomic E-state index is 0.0197. The van der Waals surface area contributed by atoms with Crippen LogP contribution >= 0.6 is 11.8 Å². The Balaban J connectivity index is 2.29. The van der Waals surface area contributed by atoms with Crippen LogP contribution in [0.2, 0.25) is 0 Å². The van der Waals surface area contributed by atoms with E-state index in [0.29, 0.717) is 0 Å². The molecule has 5 heteroatoms. The first-order chi connectivity index (χ1) is 6.74. The minimum atomic E-state index is -0.0197. The van der Waals surface area contributed by atoms with Crippen LogP contribution in [-0.2, 0) is 6.54 Å². The molecule has 0 aliphatic rings. The zero-order chi connectivity index (χ0) is 10.4. The van der Waals surface area contributed by atoms with Crippen molar-refractivity contribution >= 4 is 11.8 Å². The molecule has 0 saturated heterocycles. The molecule has 1 aromatic rings. The number of hydrogen-bond donors (Lipinski definition) is 1. The summed E-state index contributed by atoms with van der Waals surface area (Å²) >= 11 is 1.95. The molecule has 0 aliphatic carbocycles. The second-order valence-corrected chi connectivity index (χ2v) is 4.64. The summed E-state index contributed by atoms with van der Waals surface area (Å²) in [6.07, 6.45) is 3.07. The molecule has 14 heavy (non-hydrogen) atoms. The first-order valence-corrected chi connectivity index (χ1v) is 6.13. The molecule has 1 heterocycles. The Morgan fingerprint density at radius 2 is 2.43 bits per heavy atom. The van der Waals surface area contributed by atoms with Gasteiger partial charge in [0.2, 0.25) is 0 Å². The van der Waals surface area contributed by atoms with E-state index in [1.54, 1.807) is 0 Å². The molecule has 0 bridgehead atoms. The van der Waals surface area contributed by atoms with E-state index >= 15 is 0 Å². The van der Waals surface area contributed by atoms with Gasteiger partial charge in [0.05, 0.1) is 11.9 Å². The third-order valence-corrected chi connectivity index (χ3v) is 2.89. The summed E-state index contributed by atoms with van der Waals surface area (Å²) in [7, 11) is 0. The van der Waals surface area contributed by atoms with E-state index in [1.807, 2.05) is 29.6 Å². The number of thioether (sulfide) groups is 1. The molecule has 0 saturated carbocycles. The maximum Gasteiger partial charge on any atom is 0.0991 e. The van der Waals surface area contributed by atoms with Crippen molar-refractivity contribution in [1.82, 2.24) is 15.0 Å². The predicted molar refractivity (Wildman–Crippen MR) is 60.2 cm³/mol. The van der Waals surface area contributed by atoms with Crippen LogP contribution in [0.25, 0.3) is 0 Å². The Bertz CT molecular complexity index is 259. The van der Waals surface area contributed by atoms with Crippen LogP contribution in [0.1, 0.15) is 32.0 Å². The highest BCUT2D eigenvalue weighted by molar-refractivity contribution is 7.99. The highest BCUT2D eigenvalue weighted by Crippen LogP contribution is 2.05. The zero-order valence-corrected chi connectivity index (χ0v) is 9.63. The molecule has 1 aromatic heterocycles. The average Bonchev–Trinajstić information content (AvgIpc) is 2.61. The van der Waals surface area contributed by atoms with Crippen LogP contribution in [-0.4, -0.2) is 26.5 Å². The van der Waals surface area contributed by atoms with Crippen molar-refractivity contribution in [3.63, 3.8) is 0 Å². The van der Waals surface area contributed by atoms with Gasteiger partial charge in [0.25, 0.3) is 0 Å². The predicted octanol–water partition coefficient (Wildman–Crippen LogP) is 1.44. The molecule has 0 spiro atoms. The lowest BCUT2D eigenvalue weighted by atomic mass is 10.3. The van der Waals surface area contributed by atoms with Gasteiger partial charge in [0.1, 0.15) is 0 Å². The number of nitrogens with zero attached hydrogens (tertiary/aromatic N) is 3. The van der Waals surface area contributed by atoms with Crippen LogP contribution in [0, 0.1) is 0 Å². The highest BCUT2D eigenvalue weighted by atomic mass is 32.2. The Morgan fingerprint density at radius 1 is 1.64 bits per heavy atom. The molecule has 1 unspecified atom stereocenters. The van der Waals surface area contributed by atoms with E-state index in [1.165, 1.54) is 11.5 Å². The molecule has 0 radical (unpaired) electrons. The van der Waals surface area contributed by atoms with Gasteiger partial charge in [0.15, 0.2) is 0 Å². The topological polar surface area (TPSA) is 56.7 Å². The Morgan fingerprint density at radius 3 is 3.00 bits per heavy atom. The molecule has 2 N–H and O–H groups in total. The molecule has 0 aliphatic heterocycles. The summed E-state index contributed by atoms with van der Waals surface area (Å²) in [5, 5.41) is 8.01. The van der Waals surface area contributed by atoms with Gasteiger partial charge < -0.3 is 5.73 Å². The van der Waals surface area contributed by atoms with E-state index in [9.17, 15) is 0 Å². The minimum Gasteiger partial charge on any atom is -0.323 e. The van der Waals surface area contributed by atoms with Crippen molar-refractivity contribution in [3.8, 4) is 0 Å². The molecular weight excluding hydrogens is 196 g/mol. The van der Waals surface area contributed by atoms with E-state index < -0.39 is 0 Å². The second kappa shape index (κ2) is 6.03. The fourth-order valence-corrected chi connectivity index (χ4v) is 1.73. The summed E-state index contributed by atoms with van der Waals surface area (Å²) in [6, 6.07) is -0.0197. The summed E-state index contributed by atoms with van der Waals surface area (Å²) in [5.74, 6) is 2.37. The Kier molecular flexibility index (Phi) is 4.97. The summed E-state index contributed by atoms with van der Waals surface area (Å²) in [5.41, 5.74) is 6.55. The van der Waals surface area contributed by atoms with Crippen LogP contribution in [0.3, 0.4) is 0 Å². The lowest BCUT2D eigenvalue weighted by Crippen LogP contribution is -2.05. The van der Waals surface area contributed by atoms with E-state index in [-0.39, 0.29) is 6.04 Å². The first kappa shape index (κ1) is 11.5. The quantitative estimate of drug-likeness (QED) is 0.728. The molecule has 0 fully saturated rings. The van der Waals surface area contributed by atoms with Crippen LogP contribution in [0.4, 0.5) is 0 Å². The summed E-state index contributed by atoms with van der Waals surface area (Å²) in [6.45, 7) is 5.03. The smallest absolute Gasteiger partial charge is 0.0991 e. The maximum absolute atomic E-state index is 5.68. The average molecular weight is 214 g/mol. The SMILES string of the molecule is CCSCCCn1cc(C(C)N)nn1. The number of rotatable bonds is 6. The van der Waals surface area contributed by atoms with E-state index in [0.717, 1.165) is 18.7 Å². The fourth-order valence-electron chi connectivity index (χ4n) is 1.10. The monoisotopic (exact) mass is 214 g/mol. The van der Waals surface area contributed by atoms with Gasteiger partial charge in [0, 0.05) is 12.6 Å². The molecular formula is C9H18N4S. The van der Waals surface area contributed by atoms with Crippen molar-refractivity contribution in [2.24, 2.45) is 5.73 Å². The lowest BCUT2D eigenvalue weighted by Gasteiger charge is -1.99. The standard InChI is InChI=1S/C9H18N4S/c1-3-14-6-4-5-13-7-9(8(2)10)11-12-13/h7-8H,3-6,10H2,1-2H3. The number of nitrogens with two attached hydrogens (primary N) is 1. The molecule has 0 amide bonds. The largest absolute Gasteiger partial charge is 0.323 e. The van der Waals surface area contributed by atoms with E-state index in [2.05, 4.69) is 17.2 Å². The molecule has 0 aromatic carbocycles. The van der Waals surface area contributed by atoms with Crippen molar-refractivity contribution in [2.75, 3.05) is 11.5 Å². The summed E-state index contributed by atoms with van der Waals surface area (Å²) < 4.78 is 1.87. The highest BCUT2D eigenvalue weighted by Gasteiger charge is 2.04. The Labute approximate surface area is 89.2 Å². The van der Waals surface area contributed by atoms with Gasteiger partial charge in [-0.3, -0.25) is 4.68 Å². The van der Waals surface area contributed by atoms with Crippen LogP contribution < -0.4 is 5.73 Å². The van der Waals surface area contributed by atoms with E-state index in [4.69, 9.17) is 5.73 Å². The molecule has 80 valence electrons. The van der Waals surface area contributed by atoms with Gasteiger partial charge >= 0.3 is 0 Å². The van der Waals surface area contributed by atoms with Crippen molar-refractivity contribution in [3.05, 3.63) is 11.9 Å². The number of aromatic nitrogens is 3. The Hall–Kier alpha value is -0.550. The fraction of sp³-hybridized carbons (Fsp3) is 0.778. The maximum atomic E-state index is 5.68. The van der Waals surface area contributed by atoms with Gasteiger partial charge in [-0.25, -0.2) is 0 Å². The van der Waals surface area contributed by atoms with Crippen molar-refractivity contribution < 1.29 is 0 Å². The third-order valence-electron chi connectivity index (χ3n) is 1.90. The molecule has 1 atom stereocenters. The normalized spacial score (nSPS) is 13.1. The third kappa shape index (κ3) is 3.67. The van der Waals surface area contributed by atoms with Gasteiger partial charge in [-0.05, 0) is 24.9 Å².